The van der Waals surface area contributed by atoms with Gasteiger partial charge in [-0.15, -0.1) is 0 Å². The van der Waals surface area contributed by atoms with Crippen molar-refractivity contribution in [2.45, 2.75) is 24.7 Å². The lowest BCUT2D eigenvalue weighted by atomic mass is 10.0. The minimum atomic E-state index is -4.02. The molecular weight excluding hydrogens is 321 g/mol. The highest BCUT2D eigenvalue weighted by atomic mass is 32.2. The Morgan fingerprint density at radius 1 is 1.17 bits per heavy atom. The van der Waals surface area contributed by atoms with E-state index in [1.165, 1.54) is 0 Å². The van der Waals surface area contributed by atoms with Gasteiger partial charge in [0.15, 0.2) is 0 Å². The smallest absolute Gasteiger partial charge is 0.338 e. The monoisotopic (exact) mass is 337 g/mol. The van der Waals surface area contributed by atoms with Crippen LogP contribution in [0.4, 0.5) is 10.1 Å². The third-order valence-corrected chi connectivity index (χ3v) is 4.67. The zero-order valence-electron chi connectivity index (χ0n) is 12.6. The Labute approximate surface area is 133 Å². The molecule has 0 amide bonds. The normalized spacial score (nSPS) is 11.5. The van der Waals surface area contributed by atoms with Gasteiger partial charge in [0.1, 0.15) is 5.82 Å². The molecule has 0 unspecified atom stereocenters. The van der Waals surface area contributed by atoms with E-state index in [1.54, 1.807) is 24.3 Å². The molecule has 0 aliphatic heterocycles. The molecule has 0 bridgehead atoms. The summed E-state index contributed by atoms with van der Waals surface area (Å²) in [6.45, 7) is 3.85. The summed E-state index contributed by atoms with van der Waals surface area (Å²) in [4.78, 5) is 10.6. The first-order valence-electron chi connectivity index (χ1n) is 6.87. The van der Waals surface area contributed by atoms with Gasteiger partial charge in [0.05, 0.1) is 16.1 Å². The molecule has 0 aromatic heterocycles. The molecular formula is C16H16FNO4S. The maximum Gasteiger partial charge on any atom is 0.338 e. The van der Waals surface area contributed by atoms with Crippen LogP contribution in [-0.4, -0.2) is 19.5 Å². The van der Waals surface area contributed by atoms with Gasteiger partial charge in [0.25, 0.3) is 10.0 Å². The first-order valence-corrected chi connectivity index (χ1v) is 8.35. The molecule has 122 valence electrons. The number of carboxylic acid groups (broad SMARTS) is 1. The second-order valence-corrected chi connectivity index (χ2v) is 6.98. The number of carboxylic acids is 1. The highest BCUT2D eigenvalue weighted by Crippen LogP contribution is 2.26. The van der Waals surface area contributed by atoms with Crippen LogP contribution < -0.4 is 4.72 Å². The fourth-order valence-corrected chi connectivity index (χ4v) is 3.25. The summed E-state index contributed by atoms with van der Waals surface area (Å²) in [5.41, 5.74) is 0.519. The van der Waals surface area contributed by atoms with Crippen molar-refractivity contribution in [1.29, 1.82) is 0 Å². The van der Waals surface area contributed by atoms with E-state index in [9.17, 15) is 17.6 Å². The van der Waals surface area contributed by atoms with Crippen molar-refractivity contribution in [2.24, 2.45) is 0 Å². The number of halogens is 1. The summed E-state index contributed by atoms with van der Waals surface area (Å²) < 4.78 is 40.7. The van der Waals surface area contributed by atoms with Gasteiger partial charge >= 0.3 is 5.97 Å². The Morgan fingerprint density at radius 2 is 1.83 bits per heavy atom. The number of nitrogens with one attached hydrogen (secondary N) is 1. The summed E-state index contributed by atoms with van der Waals surface area (Å²) >= 11 is 0. The minimum absolute atomic E-state index is 0.0942. The predicted molar refractivity (Wildman–Crippen MR) is 84.7 cm³/mol. The maximum atomic E-state index is 13.4. The van der Waals surface area contributed by atoms with Crippen LogP contribution in [0.15, 0.2) is 47.4 Å². The zero-order chi connectivity index (χ0) is 17.2. The average molecular weight is 337 g/mol. The van der Waals surface area contributed by atoms with Gasteiger partial charge in [-0.3, -0.25) is 4.72 Å². The second kappa shape index (κ2) is 6.37. The van der Waals surface area contributed by atoms with Crippen LogP contribution in [-0.2, 0) is 10.0 Å². The van der Waals surface area contributed by atoms with Crippen LogP contribution >= 0.6 is 0 Å². The Kier molecular flexibility index (Phi) is 4.70. The first-order chi connectivity index (χ1) is 10.7. The zero-order valence-corrected chi connectivity index (χ0v) is 13.4. The number of carbonyl (C=O) groups is 1. The Bertz CT molecular complexity index is 847. The van der Waals surface area contributed by atoms with Crippen LogP contribution in [0.25, 0.3) is 0 Å². The fourth-order valence-electron chi connectivity index (χ4n) is 2.13. The van der Waals surface area contributed by atoms with E-state index < -0.39 is 27.4 Å². The van der Waals surface area contributed by atoms with Crippen LogP contribution in [0.3, 0.4) is 0 Å². The molecule has 23 heavy (non-hydrogen) atoms. The molecule has 0 radical (unpaired) electrons. The minimum Gasteiger partial charge on any atom is -0.478 e. The average Bonchev–Trinajstić information content (AvgIpc) is 2.47. The third kappa shape index (κ3) is 3.68. The molecule has 2 aromatic rings. The molecule has 0 saturated carbocycles. The van der Waals surface area contributed by atoms with Gasteiger partial charge in [0, 0.05) is 0 Å². The van der Waals surface area contributed by atoms with E-state index >= 15 is 0 Å². The molecule has 0 spiro atoms. The largest absolute Gasteiger partial charge is 0.478 e. The number of rotatable bonds is 5. The van der Waals surface area contributed by atoms with Crippen molar-refractivity contribution in [3.8, 4) is 0 Å². The van der Waals surface area contributed by atoms with E-state index in [-0.39, 0.29) is 10.8 Å². The van der Waals surface area contributed by atoms with E-state index in [0.29, 0.717) is 5.69 Å². The van der Waals surface area contributed by atoms with Crippen molar-refractivity contribution in [3.05, 3.63) is 59.4 Å². The topological polar surface area (TPSA) is 83.5 Å². The standard InChI is InChI=1S/C16H16FNO4S/c1-10(2)12-5-3-4-6-15(12)18-23(21,22)11-7-8-14(17)13(9-11)16(19)20/h3-10,18H,1-2H3,(H,19,20). The molecule has 5 nitrogen and oxygen atoms in total. The fraction of sp³-hybridized carbons (Fsp3) is 0.188. The third-order valence-electron chi connectivity index (χ3n) is 3.31. The van der Waals surface area contributed by atoms with Gasteiger partial charge in [-0.05, 0) is 35.7 Å². The van der Waals surface area contributed by atoms with E-state index in [4.69, 9.17) is 5.11 Å². The van der Waals surface area contributed by atoms with Crippen LogP contribution in [0.5, 0.6) is 0 Å². The summed E-state index contributed by atoms with van der Waals surface area (Å²) in [6.07, 6.45) is 0. The van der Waals surface area contributed by atoms with Crippen molar-refractivity contribution in [2.75, 3.05) is 4.72 Å². The van der Waals surface area contributed by atoms with Gasteiger partial charge in [-0.1, -0.05) is 32.0 Å². The lowest BCUT2D eigenvalue weighted by molar-refractivity contribution is 0.0691. The predicted octanol–water partition coefficient (Wildman–Crippen LogP) is 3.45. The number of para-hydroxylation sites is 1. The van der Waals surface area contributed by atoms with Crippen molar-refractivity contribution in [3.63, 3.8) is 0 Å². The molecule has 0 heterocycles. The lowest BCUT2D eigenvalue weighted by Gasteiger charge is -2.15. The Morgan fingerprint density at radius 3 is 2.43 bits per heavy atom. The molecule has 2 rings (SSSR count). The van der Waals surface area contributed by atoms with E-state index in [0.717, 1.165) is 23.8 Å². The highest BCUT2D eigenvalue weighted by Gasteiger charge is 2.20. The number of anilines is 1. The number of hydrogen-bond acceptors (Lipinski definition) is 3. The molecule has 7 heteroatoms. The molecule has 0 saturated heterocycles. The van der Waals surface area contributed by atoms with Crippen molar-refractivity contribution < 1.29 is 22.7 Å². The van der Waals surface area contributed by atoms with Gasteiger partial charge in [0.2, 0.25) is 0 Å². The SMILES string of the molecule is CC(C)c1ccccc1NS(=O)(=O)c1ccc(F)c(C(=O)O)c1. The van der Waals surface area contributed by atoms with Crippen molar-refractivity contribution >= 4 is 21.7 Å². The number of hydrogen-bond donors (Lipinski definition) is 2. The number of sulfonamides is 1. The summed E-state index contributed by atoms with van der Waals surface area (Å²) in [5.74, 6) is -2.42. The Hall–Kier alpha value is -2.41. The molecule has 0 aliphatic carbocycles. The van der Waals surface area contributed by atoms with E-state index in [2.05, 4.69) is 4.72 Å². The summed E-state index contributed by atoms with van der Waals surface area (Å²) in [5, 5.41) is 8.91. The molecule has 0 fully saturated rings. The van der Waals surface area contributed by atoms with Gasteiger partial charge in [-0.25, -0.2) is 17.6 Å². The van der Waals surface area contributed by atoms with Gasteiger partial charge in [-0.2, -0.15) is 0 Å². The molecule has 2 N–H and O–H groups in total. The van der Waals surface area contributed by atoms with Crippen LogP contribution in [0.1, 0.15) is 35.7 Å². The summed E-state index contributed by atoms with van der Waals surface area (Å²) in [7, 11) is -4.02. The summed E-state index contributed by atoms with van der Waals surface area (Å²) in [6, 6.07) is 9.57. The van der Waals surface area contributed by atoms with Gasteiger partial charge < -0.3 is 5.11 Å². The van der Waals surface area contributed by atoms with Crippen LogP contribution in [0.2, 0.25) is 0 Å². The highest BCUT2D eigenvalue weighted by molar-refractivity contribution is 7.92. The van der Waals surface area contributed by atoms with Crippen LogP contribution in [0, 0.1) is 5.82 Å². The maximum absolute atomic E-state index is 13.4. The number of benzene rings is 2. The Balaban J connectivity index is 2.45. The molecule has 0 aliphatic rings. The first kappa shape index (κ1) is 17.0. The second-order valence-electron chi connectivity index (χ2n) is 5.29. The lowest BCUT2D eigenvalue weighted by Crippen LogP contribution is -2.15. The number of aromatic carboxylic acids is 1. The molecule has 2 aromatic carbocycles. The van der Waals surface area contributed by atoms with E-state index in [1.807, 2.05) is 13.8 Å². The van der Waals surface area contributed by atoms with Crippen molar-refractivity contribution in [1.82, 2.24) is 0 Å². The molecule has 0 atom stereocenters. The quantitative estimate of drug-likeness (QED) is 0.875.